The van der Waals surface area contributed by atoms with Crippen molar-refractivity contribution in [3.8, 4) is 0 Å². The molecule has 18 heavy (non-hydrogen) atoms. The zero-order valence-electron chi connectivity index (χ0n) is 9.48. The quantitative estimate of drug-likeness (QED) is 0.902. The second-order valence-corrected chi connectivity index (χ2v) is 5.37. The van der Waals surface area contributed by atoms with Gasteiger partial charge >= 0.3 is 6.18 Å². The van der Waals surface area contributed by atoms with Crippen molar-refractivity contribution in [3.05, 3.63) is 18.5 Å². The van der Waals surface area contributed by atoms with Crippen LogP contribution >= 0.6 is 0 Å². The maximum atomic E-state index is 12.3. The molecule has 5 nitrogen and oxygen atoms in total. The first kappa shape index (κ1) is 14.7. The highest BCUT2D eigenvalue weighted by Crippen LogP contribution is 2.24. The second kappa shape index (κ2) is 5.11. The van der Waals surface area contributed by atoms with Crippen LogP contribution in [-0.2, 0) is 10.0 Å². The highest BCUT2D eigenvalue weighted by Gasteiger charge is 2.36. The minimum absolute atomic E-state index is 0.134. The summed E-state index contributed by atoms with van der Waals surface area (Å²) in [5.41, 5.74) is 5.30. The van der Waals surface area contributed by atoms with Crippen LogP contribution in [0.1, 0.15) is 6.92 Å². The van der Waals surface area contributed by atoms with Crippen LogP contribution in [0.3, 0.4) is 0 Å². The molecule has 0 aliphatic rings. The van der Waals surface area contributed by atoms with Gasteiger partial charge in [-0.3, -0.25) is 4.98 Å². The number of anilines is 1. The molecule has 2 N–H and O–H groups in total. The lowest BCUT2D eigenvalue weighted by molar-refractivity contribution is -0.135. The Morgan fingerprint density at radius 1 is 1.44 bits per heavy atom. The molecular weight excluding hydrogens is 271 g/mol. The van der Waals surface area contributed by atoms with Gasteiger partial charge in [-0.05, 0) is 6.07 Å². The minimum atomic E-state index is -4.61. The molecule has 9 heteroatoms. The maximum Gasteiger partial charge on any atom is 0.402 e. The van der Waals surface area contributed by atoms with E-state index in [-0.39, 0.29) is 12.2 Å². The Balaban J connectivity index is 3.16. The van der Waals surface area contributed by atoms with Gasteiger partial charge in [-0.15, -0.1) is 0 Å². The number of alkyl halides is 3. The number of rotatable bonds is 4. The third-order valence-corrected chi connectivity index (χ3v) is 4.11. The zero-order chi connectivity index (χ0) is 14.0. The molecule has 0 fully saturated rings. The zero-order valence-corrected chi connectivity index (χ0v) is 10.3. The van der Waals surface area contributed by atoms with Crippen LogP contribution in [0.5, 0.6) is 0 Å². The van der Waals surface area contributed by atoms with Gasteiger partial charge < -0.3 is 5.73 Å². The van der Waals surface area contributed by atoms with Crippen molar-refractivity contribution in [1.29, 1.82) is 0 Å². The first-order valence-corrected chi connectivity index (χ1v) is 6.39. The summed E-state index contributed by atoms with van der Waals surface area (Å²) in [6.07, 6.45) is -2.42. The van der Waals surface area contributed by atoms with Crippen LogP contribution in [0.15, 0.2) is 23.4 Å². The number of halogens is 3. The van der Waals surface area contributed by atoms with E-state index in [4.69, 9.17) is 5.73 Å². The second-order valence-electron chi connectivity index (χ2n) is 3.46. The van der Waals surface area contributed by atoms with E-state index in [9.17, 15) is 21.6 Å². The summed E-state index contributed by atoms with van der Waals surface area (Å²) in [6, 6.07) is 1.22. The van der Waals surface area contributed by atoms with Crippen LogP contribution in [0, 0.1) is 0 Å². The maximum absolute atomic E-state index is 12.3. The molecule has 0 unspecified atom stereocenters. The number of sulfonamides is 1. The number of hydrogen-bond donors (Lipinski definition) is 1. The van der Waals surface area contributed by atoms with E-state index in [0.717, 1.165) is 6.20 Å². The lowest BCUT2D eigenvalue weighted by Gasteiger charge is -2.22. The van der Waals surface area contributed by atoms with E-state index in [2.05, 4.69) is 4.98 Å². The van der Waals surface area contributed by atoms with E-state index in [1.54, 1.807) is 0 Å². The molecule has 1 aromatic heterocycles. The molecule has 102 valence electrons. The molecule has 0 saturated heterocycles. The summed E-state index contributed by atoms with van der Waals surface area (Å²) in [5.74, 6) is 0. The fourth-order valence-corrected chi connectivity index (χ4v) is 2.81. The molecule has 1 heterocycles. The van der Waals surface area contributed by atoms with Crippen molar-refractivity contribution in [2.75, 3.05) is 18.8 Å². The lowest BCUT2D eigenvalue weighted by Crippen LogP contribution is -2.39. The number of nitrogens with two attached hydrogens (primary N) is 1. The number of nitrogen functional groups attached to an aromatic ring is 1. The van der Waals surface area contributed by atoms with Gasteiger partial charge in [0.05, 0.1) is 5.69 Å². The highest BCUT2D eigenvalue weighted by atomic mass is 32.2. The van der Waals surface area contributed by atoms with Gasteiger partial charge in [0.25, 0.3) is 0 Å². The van der Waals surface area contributed by atoms with Gasteiger partial charge in [0.1, 0.15) is 11.4 Å². The summed E-state index contributed by atoms with van der Waals surface area (Å²) < 4.78 is 61.1. The van der Waals surface area contributed by atoms with E-state index in [1.807, 2.05) is 0 Å². The summed E-state index contributed by atoms with van der Waals surface area (Å²) >= 11 is 0. The van der Waals surface area contributed by atoms with Gasteiger partial charge in [0.2, 0.25) is 10.0 Å². The predicted molar refractivity (Wildman–Crippen MR) is 59.1 cm³/mol. The number of hydrogen-bond acceptors (Lipinski definition) is 4. The van der Waals surface area contributed by atoms with Crippen molar-refractivity contribution in [3.63, 3.8) is 0 Å². The first-order valence-electron chi connectivity index (χ1n) is 4.95. The first-order chi connectivity index (χ1) is 8.18. The fourth-order valence-electron chi connectivity index (χ4n) is 1.31. The predicted octanol–water partition coefficient (Wildman–Crippen LogP) is 1.24. The Kier molecular flexibility index (Phi) is 4.17. The van der Waals surface area contributed by atoms with Crippen molar-refractivity contribution in [2.24, 2.45) is 0 Å². The van der Waals surface area contributed by atoms with Crippen LogP contribution in [0.2, 0.25) is 0 Å². The largest absolute Gasteiger partial charge is 0.402 e. The summed E-state index contributed by atoms with van der Waals surface area (Å²) in [4.78, 5) is 3.14. The molecular formula is C9H12F3N3O2S. The molecule has 0 radical (unpaired) electrons. The van der Waals surface area contributed by atoms with Gasteiger partial charge in [-0.25, -0.2) is 8.42 Å². The molecule has 0 atom stereocenters. The average Bonchev–Trinajstić information content (AvgIpc) is 2.24. The normalized spacial score (nSPS) is 12.9. The number of nitrogens with zero attached hydrogens (tertiary/aromatic N) is 2. The molecule has 1 rings (SSSR count). The molecule has 0 saturated carbocycles. The molecule has 0 aromatic carbocycles. The van der Waals surface area contributed by atoms with Crippen LogP contribution < -0.4 is 5.73 Å². The third kappa shape index (κ3) is 3.33. The average molecular weight is 283 g/mol. The Morgan fingerprint density at radius 2 is 2.06 bits per heavy atom. The third-order valence-electron chi connectivity index (χ3n) is 2.14. The van der Waals surface area contributed by atoms with Gasteiger partial charge in [0.15, 0.2) is 0 Å². The summed E-state index contributed by atoms with van der Waals surface area (Å²) in [5, 5.41) is 0. The van der Waals surface area contributed by atoms with Gasteiger partial charge in [-0.2, -0.15) is 17.5 Å². The highest BCUT2D eigenvalue weighted by molar-refractivity contribution is 7.89. The Hall–Kier alpha value is -1.35. The van der Waals surface area contributed by atoms with E-state index < -0.39 is 27.6 Å². The fraction of sp³-hybridized carbons (Fsp3) is 0.444. The molecule has 0 aliphatic carbocycles. The standard InChI is InChI=1S/C9H12F3N3O2S/c1-2-15(6-9(10,11)12)18(16,17)8-5-14-4-3-7(8)13/h3-5H,2,6H2,1H3,(H2,13,14). The topological polar surface area (TPSA) is 76.3 Å². The smallest absolute Gasteiger partial charge is 0.398 e. The molecule has 1 aromatic rings. The van der Waals surface area contributed by atoms with Crippen molar-refractivity contribution in [2.45, 2.75) is 18.0 Å². The van der Waals surface area contributed by atoms with Crippen molar-refractivity contribution >= 4 is 15.7 Å². The van der Waals surface area contributed by atoms with E-state index in [0.29, 0.717) is 4.31 Å². The Labute approximate surface area is 102 Å². The SMILES string of the molecule is CCN(CC(F)(F)F)S(=O)(=O)c1cnccc1N. The Bertz CT molecular complexity index is 516. The number of pyridine rings is 1. The van der Waals surface area contributed by atoms with E-state index >= 15 is 0 Å². The minimum Gasteiger partial charge on any atom is -0.398 e. The van der Waals surface area contributed by atoms with Gasteiger partial charge in [-0.1, -0.05) is 6.92 Å². The van der Waals surface area contributed by atoms with Crippen molar-refractivity contribution in [1.82, 2.24) is 9.29 Å². The lowest BCUT2D eigenvalue weighted by atomic mass is 10.4. The molecule has 0 bridgehead atoms. The summed E-state index contributed by atoms with van der Waals surface area (Å²) in [7, 11) is -4.29. The number of aromatic nitrogens is 1. The van der Waals surface area contributed by atoms with Crippen LogP contribution in [0.4, 0.5) is 18.9 Å². The molecule has 0 spiro atoms. The Morgan fingerprint density at radius 3 is 2.50 bits per heavy atom. The van der Waals surface area contributed by atoms with Gasteiger partial charge in [0, 0.05) is 18.9 Å². The molecule has 0 amide bonds. The van der Waals surface area contributed by atoms with E-state index in [1.165, 1.54) is 19.2 Å². The molecule has 0 aliphatic heterocycles. The van der Waals surface area contributed by atoms with Crippen LogP contribution in [0.25, 0.3) is 0 Å². The van der Waals surface area contributed by atoms with Crippen LogP contribution in [-0.4, -0.2) is 37.0 Å². The van der Waals surface area contributed by atoms with Crippen molar-refractivity contribution < 1.29 is 21.6 Å². The summed E-state index contributed by atoms with van der Waals surface area (Å²) in [6.45, 7) is -0.549. The monoisotopic (exact) mass is 283 g/mol.